The Morgan fingerprint density at radius 1 is 0.300 bits per heavy atom. The van der Waals surface area contributed by atoms with Crippen molar-refractivity contribution in [1.82, 2.24) is 0 Å². The molecule has 0 aliphatic heterocycles. The molecule has 12 N–H and O–H groups in total. The molecule has 0 fully saturated rings. The summed E-state index contributed by atoms with van der Waals surface area (Å²) in [6.07, 6.45) is 0. The molecule has 0 spiro atoms. The van der Waals surface area contributed by atoms with Gasteiger partial charge in [0.1, 0.15) is 0 Å². The molecule has 0 aliphatic carbocycles. The van der Waals surface area contributed by atoms with Crippen LogP contribution in [0.2, 0.25) is 0 Å². The SMILES string of the molecule is O.O.O.O.O.O.[Cl-].[Cl-].[Cl-].[Yb+3]. The van der Waals surface area contributed by atoms with Crippen molar-refractivity contribution in [1.29, 1.82) is 0 Å². The van der Waals surface area contributed by atoms with Crippen molar-refractivity contribution in [2.45, 2.75) is 0 Å². The number of hydrogen-bond donors (Lipinski definition) is 0. The molecular formula is H12Cl3O6Yb. The maximum Gasteiger partial charge on any atom is 3.00 e. The summed E-state index contributed by atoms with van der Waals surface area (Å²) in [4.78, 5) is 0. The van der Waals surface area contributed by atoms with Crippen LogP contribution >= 0.6 is 0 Å². The Bertz CT molecular complexity index is 13.0. The Morgan fingerprint density at radius 2 is 0.300 bits per heavy atom. The predicted molar refractivity (Wildman–Crippen MR) is 21.7 cm³/mol. The van der Waals surface area contributed by atoms with Crippen molar-refractivity contribution in [3.8, 4) is 0 Å². The van der Waals surface area contributed by atoms with E-state index in [-0.39, 0.29) is 117 Å². The van der Waals surface area contributed by atoms with E-state index in [1.54, 1.807) is 0 Å². The average molecular weight is 387 g/mol. The molecule has 10 heavy (non-hydrogen) atoms. The molecule has 0 aliphatic rings. The first-order valence-electron chi connectivity index (χ1n) is 0. The first-order valence-corrected chi connectivity index (χ1v) is 0. The van der Waals surface area contributed by atoms with Crippen LogP contribution in [-0.2, 0) is 0 Å². The molecule has 0 saturated heterocycles. The molecule has 0 bridgehead atoms. The zero-order valence-corrected chi connectivity index (χ0v) is 8.38. The number of halogens is 3. The van der Waals surface area contributed by atoms with E-state index in [0.29, 0.717) is 0 Å². The Kier molecular flexibility index (Phi) is 8130. The summed E-state index contributed by atoms with van der Waals surface area (Å²) in [5, 5.41) is 0. The van der Waals surface area contributed by atoms with Crippen molar-refractivity contribution < 1.29 is 117 Å². The molecule has 6 nitrogen and oxygen atoms in total. The van der Waals surface area contributed by atoms with E-state index in [1.807, 2.05) is 0 Å². The topological polar surface area (TPSA) is 189 Å². The van der Waals surface area contributed by atoms with Gasteiger partial charge in [-0.2, -0.15) is 0 Å². The average Bonchev–Trinajstić information content (AvgIpc) is 0. The summed E-state index contributed by atoms with van der Waals surface area (Å²) in [7, 11) is 0. The van der Waals surface area contributed by atoms with E-state index < -0.39 is 0 Å². The van der Waals surface area contributed by atoms with E-state index >= 15 is 0 Å². The molecule has 0 saturated carbocycles. The van der Waals surface area contributed by atoms with Gasteiger partial charge in [-0.1, -0.05) is 0 Å². The van der Waals surface area contributed by atoms with Crippen LogP contribution in [0.25, 0.3) is 0 Å². The Hall–Kier alpha value is 2.15. The normalized spacial score (nSPS) is 0. The van der Waals surface area contributed by atoms with Crippen LogP contribution < -0.4 is 37.2 Å². The van der Waals surface area contributed by atoms with E-state index in [1.165, 1.54) is 0 Å². The van der Waals surface area contributed by atoms with E-state index in [0.717, 1.165) is 0 Å². The van der Waals surface area contributed by atoms with Crippen LogP contribution in [0.15, 0.2) is 0 Å². The largest absolute Gasteiger partial charge is 3.00 e. The molecule has 1 radical (unpaired) electrons. The predicted octanol–water partition coefficient (Wildman–Crippen LogP) is -13.9. The van der Waals surface area contributed by atoms with Gasteiger partial charge in [0.15, 0.2) is 0 Å². The van der Waals surface area contributed by atoms with Crippen molar-refractivity contribution in [3.05, 3.63) is 0 Å². The second kappa shape index (κ2) is 249. The molecule has 83 valence electrons. The molecule has 0 aromatic rings. The van der Waals surface area contributed by atoms with Gasteiger partial charge in [-0.15, -0.1) is 0 Å². The number of hydrogen-bond acceptors (Lipinski definition) is 0. The van der Waals surface area contributed by atoms with Gasteiger partial charge in [-0.25, -0.2) is 0 Å². The fourth-order valence-electron chi connectivity index (χ4n) is 0. The molecular weight excluding hydrogens is 375 g/mol. The fraction of sp³-hybridized carbons (Fsp3) is 0. The molecule has 10 heteroatoms. The Labute approximate surface area is 115 Å². The van der Waals surface area contributed by atoms with Crippen molar-refractivity contribution >= 4 is 0 Å². The quantitative estimate of drug-likeness (QED) is 0.382. The Morgan fingerprint density at radius 3 is 0.300 bits per heavy atom. The van der Waals surface area contributed by atoms with Crippen molar-refractivity contribution in [3.63, 3.8) is 0 Å². The summed E-state index contributed by atoms with van der Waals surface area (Å²) in [5.41, 5.74) is 0. The van der Waals surface area contributed by atoms with Gasteiger partial charge in [0.05, 0.1) is 0 Å². The minimum atomic E-state index is 0. The molecule has 0 unspecified atom stereocenters. The second-order valence-corrected chi connectivity index (χ2v) is 0. The maximum atomic E-state index is 0. The molecule has 0 aromatic heterocycles. The van der Waals surface area contributed by atoms with Gasteiger partial charge in [0.25, 0.3) is 0 Å². The first kappa shape index (κ1) is 327. The molecule has 0 amide bonds. The molecule has 0 atom stereocenters. The van der Waals surface area contributed by atoms with Crippen LogP contribution in [0.4, 0.5) is 0 Å². The summed E-state index contributed by atoms with van der Waals surface area (Å²) in [6.45, 7) is 0. The van der Waals surface area contributed by atoms with Gasteiger partial charge < -0.3 is 70.1 Å². The van der Waals surface area contributed by atoms with Gasteiger partial charge in [0, 0.05) is 0 Å². The monoisotopic (exact) mass is 387 g/mol. The van der Waals surface area contributed by atoms with Gasteiger partial charge in [0.2, 0.25) is 0 Å². The third-order valence-electron chi connectivity index (χ3n) is 0. The smallest absolute Gasteiger partial charge is 1.00 e. The maximum absolute atomic E-state index is 0. The zero-order chi connectivity index (χ0) is 0. The first-order chi connectivity index (χ1) is 0. The minimum absolute atomic E-state index is 0. The van der Waals surface area contributed by atoms with Crippen LogP contribution in [0.1, 0.15) is 0 Å². The standard InChI is InChI=1S/3ClH.6H2O.Yb/h3*1H;6*1H2;/q;;;;;;;;;+3/p-3. The third-order valence-corrected chi connectivity index (χ3v) is 0. The van der Waals surface area contributed by atoms with Gasteiger partial charge >= 0.3 is 46.9 Å². The minimum Gasteiger partial charge on any atom is -1.00 e. The van der Waals surface area contributed by atoms with Crippen LogP contribution in [0.3, 0.4) is 0 Å². The van der Waals surface area contributed by atoms with Crippen molar-refractivity contribution in [2.24, 2.45) is 0 Å². The van der Waals surface area contributed by atoms with Crippen LogP contribution in [0, 0.1) is 46.9 Å². The summed E-state index contributed by atoms with van der Waals surface area (Å²) in [6, 6.07) is 0. The van der Waals surface area contributed by atoms with Crippen molar-refractivity contribution in [2.75, 3.05) is 0 Å². The van der Waals surface area contributed by atoms with Crippen LogP contribution in [0.5, 0.6) is 0 Å². The number of rotatable bonds is 0. The van der Waals surface area contributed by atoms with Gasteiger partial charge in [-0.05, 0) is 0 Å². The van der Waals surface area contributed by atoms with Gasteiger partial charge in [-0.3, -0.25) is 0 Å². The summed E-state index contributed by atoms with van der Waals surface area (Å²) < 4.78 is 0. The molecule has 0 rings (SSSR count). The fourth-order valence-corrected chi connectivity index (χ4v) is 0. The molecule has 0 heterocycles. The van der Waals surface area contributed by atoms with E-state index in [4.69, 9.17) is 0 Å². The van der Waals surface area contributed by atoms with Crippen LogP contribution in [-0.4, -0.2) is 32.9 Å². The van der Waals surface area contributed by atoms with E-state index in [2.05, 4.69) is 0 Å². The summed E-state index contributed by atoms with van der Waals surface area (Å²) >= 11 is 0. The third kappa shape index (κ3) is 184. The second-order valence-electron chi connectivity index (χ2n) is 0. The zero-order valence-electron chi connectivity index (χ0n) is 4.40. The molecule has 0 aromatic carbocycles. The summed E-state index contributed by atoms with van der Waals surface area (Å²) in [5.74, 6) is 0. The Balaban J connectivity index is 0. The van der Waals surface area contributed by atoms with E-state index in [9.17, 15) is 0 Å².